The highest BCUT2D eigenvalue weighted by Crippen LogP contribution is 2.30. The summed E-state index contributed by atoms with van der Waals surface area (Å²) in [6.07, 6.45) is 2.19. The average Bonchev–Trinajstić information content (AvgIpc) is 2.84. The number of rotatable bonds is 4. The largest absolute Gasteiger partial charge is 0.492 e. The van der Waals surface area contributed by atoms with Gasteiger partial charge in [-0.15, -0.1) is 0 Å². The van der Waals surface area contributed by atoms with Crippen molar-refractivity contribution in [1.29, 1.82) is 0 Å². The molecule has 0 atom stereocenters. The van der Waals surface area contributed by atoms with E-state index in [0.29, 0.717) is 12.6 Å². The van der Waals surface area contributed by atoms with Crippen LogP contribution in [-0.4, -0.2) is 12.6 Å². The molecule has 0 saturated heterocycles. The van der Waals surface area contributed by atoms with Gasteiger partial charge in [-0.2, -0.15) is 0 Å². The molecule has 1 aliphatic carbocycles. The fourth-order valence-electron chi connectivity index (χ4n) is 2.90. The van der Waals surface area contributed by atoms with Gasteiger partial charge in [-0.25, -0.2) is 0 Å². The van der Waals surface area contributed by atoms with Crippen LogP contribution in [0, 0.1) is 6.92 Å². The molecule has 1 N–H and O–H groups in total. The molecule has 0 heterocycles. The molecule has 2 heteroatoms. The maximum Gasteiger partial charge on any atom is 0.142 e. The van der Waals surface area contributed by atoms with Crippen LogP contribution in [0.25, 0.3) is 0 Å². The third-order valence-electron chi connectivity index (χ3n) is 3.85. The van der Waals surface area contributed by atoms with E-state index in [0.717, 1.165) is 24.3 Å². The second kappa shape index (κ2) is 5.58. The van der Waals surface area contributed by atoms with Crippen molar-refractivity contribution in [2.45, 2.75) is 32.7 Å². The van der Waals surface area contributed by atoms with Crippen LogP contribution in [0.5, 0.6) is 5.75 Å². The minimum Gasteiger partial charge on any atom is -0.492 e. The fourth-order valence-corrected chi connectivity index (χ4v) is 2.90. The lowest BCUT2D eigenvalue weighted by atomic mass is 10.1. The topological polar surface area (TPSA) is 21.3 Å². The molecular formula is C18H21NO. The molecule has 20 heavy (non-hydrogen) atoms. The lowest BCUT2D eigenvalue weighted by molar-refractivity contribution is 0.341. The Morgan fingerprint density at radius 3 is 2.45 bits per heavy atom. The third-order valence-corrected chi connectivity index (χ3v) is 3.85. The molecule has 2 nitrogen and oxygen atoms in total. The Bertz CT molecular complexity index is 581. The minimum atomic E-state index is 0.467. The van der Waals surface area contributed by atoms with Crippen molar-refractivity contribution >= 4 is 5.69 Å². The molecular weight excluding hydrogens is 246 g/mol. The summed E-state index contributed by atoms with van der Waals surface area (Å²) < 4.78 is 5.74. The Morgan fingerprint density at radius 1 is 1.10 bits per heavy atom. The van der Waals surface area contributed by atoms with E-state index < -0.39 is 0 Å². The molecule has 0 aliphatic heterocycles. The smallest absolute Gasteiger partial charge is 0.142 e. The third kappa shape index (κ3) is 2.64. The van der Waals surface area contributed by atoms with Gasteiger partial charge >= 0.3 is 0 Å². The summed E-state index contributed by atoms with van der Waals surface area (Å²) in [5.74, 6) is 0.962. The second-order valence-electron chi connectivity index (χ2n) is 5.45. The zero-order valence-corrected chi connectivity index (χ0v) is 12.1. The number of aryl methyl sites for hydroxylation is 1. The Balaban J connectivity index is 1.76. The van der Waals surface area contributed by atoms with Crippen LogP contribution < -0.4 is 10.1 Å². The summed E-state index contributed by atoms with van der Waals surface area (Å²) in [6, 6.07) is 15.5. The molecule has 0 bridgehead atoms. The van der Waals surface area contributed by atoms with Crippen LogP contribution >= 0.6 is 0 Å². The van der Waals surface area contributed by atoms with E-state index in [9.17, 15) is 0 Å². The summed E-state index contributed by atoms with van der Waals surface area (Å²) in [5, 5.41) is 3.64. The number of ether oxygens (including phenoxy) is 1. The highest BCUT2D eigenvalue weighted by molar-refractivity contribution is 5.59. The number of hydrogen-bond donors (Lipinski definition) is 1. The molecule has 0 radical (unpaired) electrons. The van der Waals surface area contributed by atoms with Crippen molar-refractivity contribution in [3.05, 3.63) is 59.2 Å². The Kier molecular flexibility index (Phi) is 3.64. The van der Waals surface area contributed by atoms with Gasteiger partial charge in [-0.3, -0.25) is 0 Å². The van der Waals surface area contributed by atoms with E-state index in [4.69, 9.17) is 4.74 Å². The van der Waals surface area contributed by atoms with Crippen molar-refractivity contribution in [2.75, 3.05) is 11.9 Å². The van der Waals surface area contributed by atoms with Crippen LogP contribution in [0.15, 0.2) is 42.5 Å². The molecule has 0 saturated carbocycles. The summed E-state index contributed by atoms with van der Waals surface area (Å²) in [7, 11) is 0. The molecule has 3 rings (SSSR count). The van der Waals surface area contributed by atoms with Crippen LogP contribution in [0.3, 0.4) is 0 Å². The van der Waals surface area contributed by atoms with Crippen molar-refractivity contribution in [3.8, 4) is 5.75 Å². The Hall–Kier alpha value is -1.96. The van der Waals surface area contributed by atoms with Gasteiger partial charge < -0.3 is 10.1 Å². The summed E-state index contributed by atoms with van der Waals surface area (Å²) in [4.78, 5) is 0. The predicted molar refractivity (Wildman–Crippen MR) is 83.6 cm³/mol. The quantitative estimate of drug-likeness (QED) is 0.905. The highest BCUT2D eigenvalue weighted by atomic mass is 16.5. The van der Waals surface area contributed by atoms with Crippen LogP contribution in [0.4, 0.5) is 5.69 Å². The molecule has 0 fully saturated rings. The second-order valence-corrected chi connectivity index (χ2v) is 5.45. The van der Waals surface area contributed by atoms with Gasteiger partial charge in [-0.05, 0) is 55.5 Å². The van der Waals surface area contributed by atoms with Crippen LogP contribution in [0.1, 0.15) is 23.6 Å². The molecule has 0 amide bonds. The minimum absolute atomic E-state index is 0.467. The van der Waals surface area contributed by atoms with E-state index in [2.05, 4.69) is 54.7 Å². The maximum absolute atomic E-state index is 5.74. The first-order valence-corrected chi connectivity index (χ1v) is 7.33. The number of hydrogen-bond acceptors (Lipinski definition) is 2. The molecule has 2 aromatic carbocycles. The number of fused-ring (bicyclic) bond motifs is 1. The normalized spacial score (nSPS) is 14.1. The predicted octanol–water partition coefficient (Wildman–Crippen LogP) is 3.97. The van der Waals surface area contributed by atoms with Gasteiger partial charge in [-0.1, -0.05) is 30.3 Å². The number of benzene rings is 2. The lowest BCUT2D eigenvalue weighted by Crippen LogP contribution is -2.20. The number of anilines is 1. The maximum atomic E-state index is 5.74. The summed E-state index contributed by atoms with van der Waals surface area (Å²) in [5.41, 5.74) is 5.27. The molecule has 0 aromatic heterocycles. The zero-order chi connectivity index (χ0) is 13.9. The monoisotopic (exact) mass is 267 g/mol. The van der Waals surface area contributed by atoms with Gasteiger partial charge in [0.05, 0.1) is 12.3 Å². The van der Waals surface area contributed by atoms with Crippen molar-refractivity contribution in [3.63, 3.8) is 0 Å². The highest BCUT2D eigenvalue weighted by Gasteiger charge is 2.21. The molecule has 104 valence electrons. The first-order chi connectivity index (χ1) is 9.76. The van der Waals surface area contributed by atoms with E-state index in [1.54, 1.807) is 0 Å². The SMILES string of the molecule is CCOc1cc(C)ccc1NC1Cc2ccccc2C1. The summed E-state index contributed by atoms with van der Waals surface area (Å²) in [6.45, 7) is 4.82. The molecule has 2 aromatic rings. The molecule has 0 unspecified atom stereocenters. The van der Waals surface area contributed by atoms with E-state index >= 15 is 0 Å². The van der Waals surface area contributed by atoms with Crippen molar-refractivity contribution in [2.24, 2.45) is 0 Å². The fraction of sp³-hybridized carbons (Fsp3) is 0.333. The Morgan fingerprint density at radius 2 is 1.80 bits per heavy atom. The van der Waals surface area contributed by atoms with Crippen LogP contribution in [-0.2, 0) is 12.8 Å². The Labute approximate surface area is 120 Å². The van der Waals surface area contributed by atoms with Gasteiger partial charge in [0.1, 0.15) is 5.75 Å². The van der Waals surface area contributed by atoms with E-state index in [1.165, 1.54) is 16.7 Å². The average molecular weight is 267 g/mol. The molecule has 0 spiro atoms. The van der Waals surface area contributed by atoms with Crippen LogP contribution in [0.2, 0.25) is 0 Å². The first-order valence-electron chi connectivity index (χ1n) is 7.33. The van der Waals surface area contributed by atoms with Crippen molar-refractivity contribution in [1.82, 2.24) is 0 Å². The van der Waals surface area contributed by atoms with E-state index in [-0.39, 0.29) is 0 Å². The summed E-state index contributed by atoms with van der Waals surface area (Å²) >= 11 is 0. The zero-order valence-electron chi connectivity index (χ0n) is 12.1. The lowest BCUT2D eigenvalue weighted by Gasteiger charge is -2.17. The number of nitrogens with one attached hydrogen (secondary N) is 1. The van der Waals surface area contributed by atoms with Crippen molar-refractivity contribution < 1.29 is 4.74 Å². The first kappa shape index (κ1) is 13.0. The van der Waals surface area contributed by atoms with Gasteiger partial charge in [0.2, 0.25) is 0 Å². The van der Waals surface area contributed by atoms with Gasteiger partial charge in [0.15, 0.2) is 0 Å². The van der Waals surface area contributed by atoms with Gasteiger partial charge in [0.25, 0.3) is 0 Å². The van der Waals surface area contributed by atoms with Gasteiger partial charge in [0, 0.05) is 6.04 Å². The standard InChI is InChI=1S/C18H21NO/c1-3-20-18-10-13(2)8-9-17(18)19-16-11-14-6-4-5-7-15(14)12-16/h4-10,16,19H,3,11-12H2,1-2H3. The van der Waals surface area contributed by atoms with E-state index in [1.807, 2.05) is 6.92 Å². The molecule has 1 aliphatic rings.